The molecule has 0 spiro atoms. The zero-order valence-corrected chi connectivity index (χ0v) is 13.8. The molecule has 1 aromatic rings. The Kier molecular flexibility index (Phi) is 9.00. The summed E-state index contributed by atoms with van der Waals surface area (Å²) in [6.07, 6.45) is 1.22. The van der Waals surface area contributed by atoms with Gasteiger partial charge >= 0.3 is 6.18 Å². The van der Waals surface area contributed by atoms with E-state index in [9.17, 15) is 13.2 Å². The highest BCUT2D eigenvalue weighted by atomic mass is 35.5. The molecule has 0 radical (unpaired) electrons. The first kappa shape index (κ1) is 20.8. The largest absolute Gasteiger partial charge is 0.433 e. The van der Waals surface area contributed by atoms with E-state index in [1.54, 1.807) is 0 Å². The van der Waals surface area contributed by atoms with Crippen molar-refractivity contribution in [2.75, 3.05) is 0 Å². The van der Waals surface area contributed by atoms with E-state index in [4.69, 9.17) is 5.73 Å². The molecular formula is C13H19Cl2F3N2S. The van der Waals surface area contributed by atoms with Gasteiger partial charge < -0.3 is 5.73 Å². The molecule has 0 aromatic carbocycles. The number of nitrogens with two attached hydrogens (primary N) is 1. The zero-order chi connectivity index (χ0) is 13.9. The first-order valence-electron chi connectivity index (χ1n) is 6.44. The summed E-state index contributed by atoms with van der Waals surface area (Å²) in [6.45, 7) is 0.222. The second kappa shape index (κ2) is 9.08. The molecule has 0 atom stereocenters. The number of alkyl halides is 3. The van der Waals surface area contributed by atoms with Gasteiger partial charge in [-0.25, -0.2) is 4.98 Å². The molecule has 8 heteroatoms. The van der Waals surface area contributed by atoms with Crippen molar-refractivity contribution in [1.82, 2.24) is 4.98 Å². The van der Waals surface area contributed by atoms with Gasteiger partial charge in [-0.2, -0.15) is 13.2 Å². The van der Waals surface area contributed by atoms with Gasteiger partial charge in [0.05, 0.1) is 0 Å². The average molecular weight is 363 g/mol. The topological polar surface area (TPSA) is 38.9 Å². The Bertz CT molecular complexity index is 438. The average Bonchev–Trinajstić information content (AvgIpc) is 2.39. The summed E-state index contributed by atoms with van der Waals surface area (Å²) < 4.78 is 38.0. The van der Waals surface area contributed by atoms with Gasteiger partial charge in [0.2, 0.25) is 0 Å². The summed E-state index contributed by atoms with van der Waals surface area (Å²) in [6, 6.07) is 2.45. The van der Waals surface area contributed by atoms with Crippen molar-refractivity contribution in [3.63, 3.8) is 0 Å². The van der Waals surface area contributed by atoms with E-state index in [-0.39, 0.29) is 31.4 Å². The van der Waals surface area contributed by atoms with Gasteiger partial charge in [0.25, 0.3) is 0 Å². The molecule has 1 heterocycles. The summed E-state index contributed by atoms with van der Waals surface area (Å²) in [5, 5.41) is 0.819. The maximum Gasteiger partial charge on any atom is 0.433 e. The Morgan fingerprint density at radius 2 is 1.76 bits per heavy atom. The van der Waals surface area contributed by atoms with Crippen LogP contribution in [0.4, 0.5) is 13.2 Å². The lowest BCUT2D eigenvalue weighted by Crippen LogP contribution is -2.13. The molecule has 1 aliphatic carbocycles. The van der Waals surface area contributed by atoms with Crippen LogP contribution in [0.1, 0.15) is 43.4 Å². The highest BCUT2D eigenvalue weighted by Crippen LogP contribution is 2.36. The number of nitrogens with zero attached hydrogens (tertiary/aromatic N) is 1. The third-order valence-electron chi connectivity index (χ3n) is 3.28. The van der Waals surface area contributed by atoms with E-state index in [1.165, 1.54) is 24.2 Å². The molecule has 122 valence electrons. The van der Waals surface area contributed by atoms with E-state index in [2.05, 4.69) is 4.98 Å². The predicted octanol–water partition coefficient (Wildman–Crippen LogP) is 4.83. The summed E-state index contributed by atoms with van der Waals surface area (Å²) >= 11 is 1.45. The second-order valence-corrected chi connectivity index (χ2v) is 6.03. The number of hydrogen-bond donors (Lipinski definition) is 1. The summed E-state index contributed by atoms with van der Waals surface area (Å²) in [7, 11) is 0. The third kappa shape index (κ3) is 5.85. The van der Waals surface area contributed by atoms with Crippen molar-refractivity contribution < 1.29 is 13.2 Å². The minimum absolute atomic E-state index is 0. The number of pyridine rings is 1. The van der Waals surface area contributed by atoms with Crippen LogP contribution in [0, 0.1) is 0 Å². The smallest absolute Gasteiger partial charge is 0.326 e. The van der Waals surface area contributed by atoms with E-state index in [0.29, 0.717) is 15.8 Å². The van der Waals surface area contributed by atoms with Crippen LogP contribution in [0.25, 0.3) is 0 Å². The number of aromatic nitrogens is 1. The fourth-order valence-electron chi connectivity index (χ4n) is 2.23. The number of thioether (sulfide) groups is 1. The van der Waals surface area contributed by atoms with Crippen molar-refractivity contribution >= 4 is 36.6 Å². The van der Waals surface area contributed by atoms with E-state index < -0.39 is 11.9 Å². The van der Waals surface area contributed by atoms with Crippen molar-refractivity contribution in [3.05, 3.63) is 23.4 Å². The Hall–Kier alpha value is -0.170. The van der Waals surface area contributed by atoms with Crippen LogP contribution in [0.15, 0.2) is 17.2 Å². The van der Waals surface area contributed by atoms with Crippen LogP contribution in [-0.2, 0) is 12.7 Å². The molecule has 2 N–H and O–H groups in total. The summed E-state index contributed by atoms with van der Waals surface area (Å²) in [5.74, 6) is 0. The first-order valence-corrected chi connectivity index (χ1v) is 7.32. The van der Waals surface area contributed by atoms with Crippen LogP contribution in [0.3, 0.4) is 0 Å². The Labute approximate surface area is 139 Å². The number of halogens is 5. The molecule has 0 aliphatic heterocycles. The maximum atomic E-state index is 12.7. The van der Waals surface area contributed by atoms with Crippen LogP contribution < -0.4 is 5.73 Å². The molecule has 1 aliphatic rings. The Morgan fingerprint density at radius 1 is 1.14 bits per heavy atom. The van der Waals surface area contributed by atoms with E-state index >= 15 is 0 Å². The van der Waals surface area contributed by atoms with Gasteiger partial charge in [0.15, 0.2) is 0 Å². The van der Waals surface area contributed by atoms with Crippen LogP contribution in [-0.4, -0.2) is 10.2 Å². The van der Waals surface area contributed by atoms with Gasteiger partial charge in [0.1, 0.15) is 10.7 Å². The third-order valence-corrected chi connectivity index (χ3v) is 4.66. The second-order valence-electron chi connectivity index (χ2n) is 4.74. The summed E-state index contributed by atoms with van der Waals surface area (Å²) in [5.41, 5.74) is 5.45. The molecule has 21 heavy (non-hydrogen) atoms. The van der Waals surface area contributed by atoms with Gasteiger partial charge in [-0.15, -0.1) is 36.6 Å². The van der Waals surface area contributed by atoms with Gasteiger partial charge in [-0.05, 0) is 24.5 Å². The fourth-order valence-corrected chi connectivity index (χ4v) is 3.56. The van der Waals surface area contributed by atoms with Crippen LogP contribution in [0.5, 0.6) is 0 Å². The number of rotatable bonds is 3. The molecule has 1 saturated carbocycles. The quantitative estimate of drug-likeness (QED) is 0.836. The van der Waals surface area contributed by atoms with E-state index in [1.807, 2.05) is 0 Å². The highest BCUT2D eigenvalue weighted by Gasteiger charge is 2.33. The van der Waals surface area contributed by atoms with Crippen molar-refractivity contribution in [3.8, 4) is 0 Å². The fraction of sp³-hybridized carbons (Fsp3) is 0.615. The molecule has 0 amide bonds. The SMILES string of the molecule is Cl.Cl.NCc1ccc(C(F)(F)F)nc1SC1CCCCC1. The summed E-state index contributed by atoms with van der Waals surface area (Å²) in [4.78, 5) is 3.77. The van der Waals surface area contributed by atoms with Crippen molar-refractivity contribution in [2.45, 2.75) is 55.1 Å². The van der Waals surface area contributed by atoms with Crippen molar-refractivity contribution in [1.29, 1.82) is 0 Å². The Balaban J connectivity index is 0.00000200. The zero-order valence-electron chi connectivity index (χ0n) is 11.4. The van der Waals surface area contributed by atoms with Crippen molar-refractivity contribution in [2.24, 2.45) is 5.73 Å². The minimum atomic E-state index is -4.39. The normalized spacial score (nSPS) is 16.0. The molecule has 2 nitrogen and oxygen atoms in total. The lowest BCUT2D eigenvalue weighted by Gasteiger charge is -2.22. The minimum Gasteiger partial charge on any atom is -0.326 e. The standard InChI is InChI=1S/C13H17F3N2S.2ClH/c14-13(15,16)11-7-6-9(8-17)12(18-11)19-10-4-2-1-3-5-10;;/h6-7,10H,1-5,8,17H2;2*1H. The van der Waals surface area contributed by atoms with Gasteiger partial charge in [-0.1, -0.05) is 25.3 Å². The Morgan fingerprint density at radius 3 is 2.29 bits per heavy atom. The van der Waals surface area contributed by atoms with Gasteiger partial charge in [-0.3, -0.25) is 0 Å². The van der Waals surface area contributed by atoms with E-state index in [0.717, 1.165) is 31.7 Å². The highest BCUT2D eigenvalue weighted by molar-refractivity contribution is 7.99. The first-order chi connectivity index (χ1) is 9.00. The molecular weight excluding hydrogens is 344 g/mol. The van der Waals surface area contributed by atoms with Crippen LogP contribution in [0.2, 0.25) is 0 Å². The molecule has 0 unspecified atom stereocenters. The lowest BCUT2D eigenvalue weighted by atomic mass is 10.0. The monoisotopic (exact) mass is 362 g/mol. The molecule has 1 fully saturated rings. The lowest BCUT2D eigenvalue weighted by molar-refractivity contribution is -0.141. The van der Waals surface area contributed by atoms with Gasteiger partial charge in [0, 0.05) is 11.8 Å². The number of hydrogen-bond acceptors (Lipinski definition) is 3. The molecule has 0 bridgehead atoms. The molecule has 2 rings (SSSR count). The van der Waals surface area contributed by atoms with Crippen LogP contribution >= 0.6 is 36.6 Å². The maximum absolute atomic E-state index is 12.7. The predicted molar refractivity (Wildman–Crippen MR) is 84.4 cm³/mol. The molecule has 0 saturated heterocycles. The molecule has 1 aromatic heterocycles.